The fourth-order valence-corrected chi connectivity index (χ4v) is 4.42. The zero-order valence-corrected chi connectivity index (χ0v) is 17.7. The maximum atomic E-state index is 12.7. The summed E-state index contributed by atoms with van der Waals surface area (Å²) < 4.78 is 18.1. The number of hydrogen-bond donors (Lipinski definition) is 1. The van der Waals surface area contributed by atoms with Crippen LogP contribution in [0.3, 0.4) is 0 Å². The first-order chi connectivity index (χ1) is 13.3. The van der Waals surface area contributed by atoms with Crippen molar-refractivity contribution in [2.75, 3.05) is 0 Å². The first kappa shape index (κ1) is 20.4. The lowest BCUT2D eigenvalue weighted by molar-refractivity contribution is 0.393. The van der Waals surface area contributed by atoms with Gasteiger partial charge in [-0.3, -0.25) is 0 Å². The van der Waals surface area contributed by atoms with Crippen molar-refractivity contribution >= 4 is 12.9 Å². The zero-order valence-electron chi connectivity index (χ0n) is 16.8. The largest absolute Gasteiger partial charge is 0.421 e. The van der Waals surface area contributed by atoms with Crippen LogP contribution in [-0.2, 0) is 4.57 Å². The van der Waals surface area contributed by atoms with Crippen molar-refractivity contribution in [1.29, 1.82) is 0 Å². The molecular weight excluding hydrogens is 367 g/mol. The fourth-order valence-electron chi connectivity index (χ4n) is 3.38. The Morgan fingerprint density at radius 3 is 1.79 bits per heavy atom. The molecule has 0 saturated carbocycles. The van der Waals surface area contributed by atoms with Crippen LogP contribution in [0.4, 0.5) is 0 Å². The topological polar surface area (TPSA) is 46.5 Å². The van der Waals surface area contributed by atoms with Crippen molar-refractivity contribution in [2.45, 2.75) is 39.5 Å². The average Bonchev–Trinajstić information content (AvgIpc) is 2.68. The van der Waals surface area contributed by atoms with E-state index in [2.05, 4.69) is 45.9 Å². The number of para-hydroxylation sites is 1. The molecule has 0 aromatic heterocycles. The normalized spacial score (nSPS) is 13.5. The molecule has 3 aromatic rings. The van der Waals surface area contributed by atoms with Crippen molar-refractivity contribution in [3.05, 3.63) is 83.9 Å². The van der Waals surface area contributed by atoms with E-state index < -0.39 is 7.60 Å². The van der Waals surface area contributed by atoms with Crippen LogP contribution in [0.1, 0.15) is 50.7 Å². The molecule has 3 nitrogen and oxygen atoms in total. The summed E-state index contributed by atoms with van der Waals surface area (Å²) in [6.45, 7) is 8.75. The quantitative estimate of drug-likeness (QED) is 0.486. The molecule has 1 atom stereocenters. The Hall–Kier alpha value is -2.35. The third-order valence-corrected chi connectivity index (χ3v) is 6.24. The van der Waals surface area contributed by atoms with Crippen LogP contribution >= 0.6 is 7.60 Å². The molecule has 0 aliphatic heterocycles. The number of hydrogen-bond acceptors (Lipinski definition) is 2. The van der Waals surface area contributed by atoms with E-state index in [0.717, 1.165) is 5.56 Å². The standard InChI is InChI=1S/C24H27O3P/c1-17(2)22-11-8-12-23(18(3)4)24(22)19-13-15-21(16-14-19)28(25,26)27-20-9-6-5-7-10-20/h5-18H,1-4H3,(H,25,26). The predicted molar refractivity (Wildman–Crippen MR) is 117 cm³/mol. The molecule has 0 bridgehead atoms. The van der Waals surface area contributed by atoms with E-state index in [1.807, 2.05) is 18.2 Å². The van der Waals surface area contributed by atoms with Gasteiger partial charge in [-0.05, 0) is 58.4 Å². The van der Waals surface area contributed by atoms with Crippen LogP contribution in [0.5, 0.6) is 5.75 Å². The van der Waals surface area contributed by atoms with E-state index in [1.54, 1.807) is 36.4 Å². The first-order valence-corrected chi connectivity index (χ1v) is 11.2. The SMILES string of the molecule is CC(C)c1cccc(C(C)C)c1-c1ccc(P(=O)(O)Oc2ccccc2)cc1. The molecule has 0 saturated heterocycles. The molecule has 146 valence electrons. The Kier molecular flexibility index (Phi) is 6.07. The van der Waals surface area contributed by atoms with Crippen LogP contribution in [0, 0.1) is 0 Å². The van der Waals surface area contributed by atoms with Gasteiger partial charge in [0.05, 0.1) is 5.30 Å². The second-order valence-electron chi connectivity index (χ2n) is 7.59. The Labute approximate surface area is 167 Å². The Morgan fingerprint density at radius 1 is 0.750 bits per heavy atom. The minimum absolute atomic E-state index is 0.285. The van der Waals surface area contributed by atoms with Crippen LogP contribution in [0.25, 0.3) is 11.1 Å². The highest BCUT2D eigenvalue weighted by Crippen LogP contribution is 2.42. The van der Waals surface area contributed by atoms with Crippen LogP contribution in [0.15, 0.2) is 72.8 Å². The van der Waals surface area contributed by atoms with E-state index in [-0.39, 0.29) is 5.30 Å². The molecule has 0 heterocycles. The second-order valence-corrected chi connectivity index (χ2v) is 9.33. The van der Waals surface area contributed by atoms with Gasteiger partial charge >= 0.3 is 7.60 Å². The van der Waals surface area contributed by atoms with Crippen molar-refractivity contribution in [2.24, 2.45) is 0 Å². The second kappa shape index (κ2) is 8.34. The summed E-state index contributed by atoms with van der Waals surface area (Å²) in [5.74, 6) is 1.15. The summed E-state index contributed by atoms with van der Waals surface area (Å²) in [6.07, 6.45) is 0. The maximum absolute atomic E-state index is 12.7. The molecule has 0 spiro atoms. The molecule has 0 radical (unpaired) electrons. The fraction of sp³-hybridized carbons (Fsp3) is 0.250. The van der Waals surface area contributed by atoms with Gasteiger partial charge in [-0.2, -0.15) is 0 Å². The Balaban J connectivity index is 1.98. The smallest absolute Gasteiger partial charge is 0.408 e. The highest BCUT2D eigenvalue weighted by Gasteiger charge is 2.25. The number of rotatable bonds is 6. The van der Waals surface area contributed by atoms with Gasteiger partial charge in [-0.25, -0.2) is 4.57 Å². The molecule has 1 N–H and O–H groups in total. The van der Waals surface area contributed by atoms with Crippen LogP contribution in [0.2, 0.25) is 0 Å². The summed E-state index contributed by atoms with van der Waals surface area (Å²) in [6, 6.07) is 22.4. The third kappa shape index (κ3) is 4.38. The highest BCUT2D eigenvalue weighted by atomic mass is 31.2. The lowest BCUT2D eigenvalue weighted by Crippen LogP contribution is -2.09. The van der Waals surface area contributed by atoms with Gasteiger partial charge < -0.3 is 9.42 Å². The maximum Gasteiger partial charge on any atom is 0.408 e. The summed E-state index contributed by atoms with van der Waals surface area (Å²) in [4.78, 5) is 10.4. The third-order valence-electron chi connectivity index (χ3n) is 4.83. The van der Waals surface area contributed by atoms with Crippen LogP contribution in [-0.4, -0.2) is 4.89 Å². The molecule has 3 rings (SSSR count). The minimum Gasteiger partial charge on any atom is -0.421 e. The first-order valence-electron chi connectivity index (χ1n) is 9.61. The van der Waals surface area contributed by atoms with Crippen molar-refractivity contribution in [3.8, 4) is 16.9 Å². The van der Waals surface area contributed by atoms with E-state index in [9.17, 15) is 9.46 Å². The van der Waals surface area contributed by atoms with Crippen LogP contribution < -0.4 is 9.83 Å². The lowest BCUT2D eigenvalue weighted by Gasteiger charge is -2.20. The van der Waals surface area contributed by atoms with Gasteiger partial charge in [0.15, 0.2) is 0 Å². The molecule has 1 unspecified atom stereocenters. The molecule has 28 heavy (non-hydrogen) atoms. The summed E-state index contributed by atoms with van der Waals surface area (Å²) >= 11 is 0. The Morgan fingerprint density at radius 2 is 1.29 bits per heavy atom. The molecule has 0 fully saturated rings. The van der Waals surface area contributed by atoms with E-state index in [0.29, 0.717) is 17.6 Å². The van der Waals surface area contributed by atoms with Crippen molar-refractivity contribution in [3.63, 3.8) is 0 Å². The van der Waals surface area contributed by atoms with Gasteiger partial charge in [0, 0.05) is 0 Å². The summed E-state index contributed by atoms with van der Waals surface area (Å²) in [5.41, 5.74) is 4.84. The molecule has 0 aliphatic carbocycles. The molecule has 0 aliphatic rings. The summed E-state index contributed by atoms with van der Waals surface area (Å²) in [5, 5.41) is 0.285. The van der Waals surface area contributed by atoms with E-state index >= 15 is 0 Å². The minimum atomic E-state index is -3.94. The molecular formula is C24H27O3P. The predicted octanol–water partition coefficient (Wildman–Crippen LogP) is 6.49. The molecule has 0 amide bonds. The van der Waals surface area contributed by atoms with Crippen molar-refractivity contribution in [1.82, 2.24) is 0 Å². The lowest BCUT2D eigenvalue weighted by atomic mass is 9.85. The van der Waals surface area contributed by atoms with Gasteiger partial charge in [0.2, 0.25) is 0 Å². The average molecular weight is 394 g/mol. The number of benzene rings is 3. The van der Waals surface area contributed by atoms with E-state index in [1.165, 1.54) is 16.7 Å². The van der Waals surface area contributed by atoms with Gasteiger partial charge in [0.25, 0.3) is 0 Å². The van der Waals surface area contributed by atoms with Gasteiger partial charge in [-0.15, -0.1) is 0 Å². The molecule has 4 heteroatoms. The summed E-state index contributed by atoms with van der Waals surface area (Å²) in [7, 11) is -3.94. The van der Waals surface area contributed by atoms with Gasteiger partial charge in [-0.1, -0.05) is 76.2 Å². The molecule has 3 aromatic carbocycles. The Bertz CT molecular complexity index is 950. The van der Waals surface area contributed by atoms with E-state index in [4.69, 9.17) is 4.52 Å². The zero-order chi connectivity index (χ0) is 20.3. The van der Waals surface area contributed by atoms with Gasteiger partial charge in [0.1, 0.15) is 5.75 Å². The van der Waals surface area contributed by atoms with Crippen molar-refractivity contribution < 1.29 is 14.0 Å². The monoisotopic (exact) mass is 394 g/mol. The highest BCUT2D eigenvalue weighted by molar-refractivity contribution is 7.61.